The van der Waals surface area contributed by atoms with Crippen molar-refractivity contribution in [1.29, 1.82) is 5.26 Å². The minimum atomic E-state index is -4.47. The number of methoxy groups -OCH3 is 1. The molecule has 2 unspecified atom stereocenters. The molecule has 1 fully saturated rings. The van der Waals surface area contributed by atoms with Gasteiger partial charge in [-0.25, -0.2) is 0 Å². The van der Waals surface area contributed by atoms with Crippen LogP contribution in [0.5, 0.6) is 5.75 Å². The molecule has 1 N–H and O–H groups in total. The van der Waals surface area contributed by atoms with Crippen molar-refractivity contribution < 1.29 is 27.8 Å². The maximum Gasteiger partial charge on any atom is 0.416 e. The maximum absolute atomic E-state index is 13.1. The minimum Gasteiger partial charge on any atom is -0.497 e. The van der Waals surface area contributed by atoms with Gasteiger partial charge in [-0.2, -0.15) is 18.4 Å². The number of thioether (sulfide) groups is 1. The van der Waals surface area contributed by atoms with Crippen molar-refractivity contribution >= 4 is 17.7 Å². The van der Waals surface area contributed by atoms with Gasteiger partial charge in [0.15, 0.2) is 5.72 Å². The summed E-state index contributed by atoms with van der Waals surface area (Å²) in [5.41, 5.74) is -1.24. The molecular formula is C22H17F3N2O3S. The van der Waals surface area contributed by atoms with Crippen molar-refractivity contribution in [2.75, 3.05) is 12.9 Å². The van der Waals surface area contributed by atoms with Crippen molar-refractivity contribution in [3.8, 4) is 11.8 Å². The number of nitrogens with zero attached hydrogens (tertiary/aromatic N) is 2. The van der Waals surface area contributed by atoms with Gasteiger partial charge < -0.3 is 9.84 Å². The number of halogens is 3. The second-order valence-electron chi connectivity index (χ2n) is 7.27. The van der Waals surface area contributed by atoms with Gasteiger partial charge in [0.25, 0.3) is 0 Å². The van der Waals surface area contributed by atoms with E-state index in [-0.39, 0.29) is 17.7 Å². The molecule has 2 heterocycles. The normalized spacial score (nSPS) is 23.5. The second-order valence-corrected chi connectivity index (χ2v) is 8.23. The van der Waals surface area contributed by atoms with Gasteiger partial charge in [0, 0.05) is 17.9 Å². The molecule has 5 nitrogen and oxygen atoms in total. The second kappa shape index (κ2) is 7.62. The van der Waals surface area contributed by atoms with E-state index in [0.717, 1.165) is 12.1 Å². The first-order chi connectivity index (χ1) is 14.7. The third-order valence-electron chi connectivity index (χ3n) is 5.50. The first-order valence-electron chi connectivity index (χ1n) is 9.33. The van der Waals surface area contributed by atoms with E-state index in [1.54, 1.807) is 24.3 Å². The zero-order chi connectivity index (χ0) is 22.4. The topological polar surface area (TPSA) is 73.6 Å². The van der Waals surface area contributed by atoms with Gasteiger partial charge in [-0.1, -0.05) is 24.3 Å². The number of amides is 1. The van der Waals surface area contributed by atoms with Gasteiger partial charge in [-0.15, -0.1) is 11.8 Å². The number of carbonyl (C=O) groups excluding carboxylic acids is 1. The predicted octanol–water partition coefficient (Wildman–Crippen LogP) is 4.36. The van der Waals surface area contributed by atoms with Crippen molar-refractivity contribution in [2.45, 2.75) is 24.2 Å². The Hall–Kier alpha value is -2.96. The van der Waals surface area contributed by atoms with Crippen LogP contribution in [0.3, 0.4) is 0 Å². The molecule has 2 aliphatic heterocycles. The molecule has 2 aromatic rings. The third-order valence-corrected chi connectivity index (χ3v) is 6.73. The SMILES string of the molecule is COc1ccc(C2(O)CSC3=C(C#N)C(c4ccc(C(F)(F)F)cc4)CC(=O)N32)cc1. The Labute approximate surface area is 180 Å². The number of ether oxygens (including phenoxy) is 1. The van der Waals surface area contributed by atoms with Crippen LogP contribution in [0.15, 0.2) is 59.1 Å². The van der Waals surface area contributed by atoms with Crippen LogP contribution in [0, 0.1) is 11.3 Å². The van der Waals surface area contributed by atoms with Gasteiger partial charge in [-0.3, -0.25) is 9.69 Å². The average molecular weight is 446 g/mol. The minimum absolute atomic E-state index is 0.128. The van der Waals surface area contributed by atoms with Crippen LogP contribution >= 0.6 is 11.8 Å². The quantitative estimate of drug-likeness (QED) is 0.759. The Kier molecular flexibility index (Phi) is 5.23. The van der Waals surface area contributed by atoms with Crippen molar-refractivity contribution in [3.05, 3.63) is 75.8 Å². The van der Waals surface area contributed by atoms with Crippen LogP contribution in [0.2, 0.25) is 0 Å². The van der Waals surface area contributed by atoms with Crippen LogP contribution in [0.1, 0.15) is 29.0 Å². The molecule has 0 aromatic heterocycles. The van der Waals surface area contributed by atoms with Crippen LogP contribution < -0.4 is 4.74 Å². The van der Waals surface area contributed by atoms with Gasteiger partial charge in [-0.05, 0) is 29.8 Å². The number of fused-ring (bicyclic) bond motifs is 1. The lowest BCUT2D eigenvalue weighted by Gasteiger charge is -2.38. The highest BCUT2D eigenvalue weighted by Crippen LogP contribution is 2.51. The first kappa shape index (κ1) is 21.3. The zero-order valence-electron chi connectivity index (χ0n) is 16.3. The highest BCUT2D eigenvalue weighted by atomic mass is 32.2. The first-order valence-corrected chi connectivity index (χ1v) is 10.3. The summed E-state index contributed by atoms with van der Waals surface area (Å²) >= 11 is 1.18. The summed E-state index contributed by atoms with van der Waals surface area (Å²) in [6.07, 6.45) is -4.60. The largest absolute Gasteiger partial charge is 0.497 e. The lowest BCUT2D eigenvalue weighted by Crippen LogP contribution is -2.48. The molecule has 1 amide bonds. The number of carbonyl (C=O) groups is 1. The number of alkyl halides is 3. The number of benzene rings is 2. The van der Waals surface area contributed by atoms with E-state index in [4.69, 9.17) is 4.74 Å². The summed E-state index contributed by atoms with van der Waals surface area (Å²) in [6.45, 7) is 0. The van der Waals surface area contributed by atoms with E-state index in [1.165, 1.54) is 35.9 Å². The molecule has 1 saturated heterocycles. The molecule has 0 radical (unpaired) electrons. The zero-order valence-corrected chi connectivity index (χ0v) is 17.1. The molecule has 0 aliphatic carbocycles. The highest BCUT2D eigenvalue weighted by Gasteiger charge is 2.51. The molecule has 31 heavy (non-hydrogen) atoms. The number of nitriles is 1. The fraction of sp³-hybridized carbons (Fsp3) is 0.273. The maximum atomic E-state index is 13.1. The van der Waals surface area contributed by atoms with Crippen LogP contribution in [0.25, 0.3) is 0 Å². The molecule has 4 rings (SSSR count). The van der Waals surface area contributed by atoms with Gasteiger partial charge in [0.1, 0.15) is 5.75 Å². The Morgan fingerprint density at radius 3 is 2.39 bits per heavy atom. The Bertz CT molecular complexity index is 1090. The smallest absolute Gasteiger partial charge is 0.416 e. The van der Waals surface area contributed by atoms with Gasteiger partial charge in [0.05, 0.1) is 35.1 Å². The summed E-state index contributed by atoms with van der Waals surface area (Å²) in [5, 5.41) is 21.5. The van der Waals surface area contributed by atoms with E-state index in [1.807, 2.05) is 0 Å². The van der Waals surface area contributed by atoms with Gasteiger partial charge >= 0.3 is 6.18 Å². The fourth-order valence-electron chi connectivity index (χ4n) is 3.89. The molecule has 2 aromatic carbocycles. The summed E-state index contributed by atoms with van der Waals surface area (Å²) in [4.78, 5) is 14.3. The Morgan fingerprint density at radius 1 is 1.19 bits per heavy atom. The molecule has 2 aliphatic rings. The molecule has 0 saturated carbocycles. The van der Waals surface area contributed by atoms with E-state index >= 15 is 0 Å². The fourth-order valence-corrected chi connectivity index (χ4v) is 5.24. The Morgan fingerprint density at radius 2 is 1.84 bits per heavy atom. The third kappa shape index (κ3) is 3.56. The van der Waals surface area contributed by atoms with E-state index in [0.29, 0.717) is 21.9 Å². The predicted molar refractivity (Wildman–Crippen MR) is 108 cm³/mol. The molecule has 160 valence electrons. The number of allylic oxidation sites excluding steroid dienone is 1. The number of aliphatic hydroxyl groups is 1. The standard InChI is InChI=1S/C22H17F3N2O3S/c1-30-16-8-6-14(7-9-16)21(29)12-31-20-18(11-26)17(10-19(28)27(20)21)13-2-4-15(5-3-13)22(23,24)25/h2-9,17,29H,10,12H2,1H3. The van der Waals surface area contributed by atoms with E-state index < -0.39 is 29.3 Å². The molecule has 9 heteroatoms. The highest BCUT2D eigenvalue weighted by molar-refractivity contribution is 8.03. The van der Waals surface area contributed by atoms with Crippen molar-refractivity contribution in [1.82, 2.24) is 4.90 Å². The van der Waals surface area contributed by atoms with E-state index in [2.05, 4.69) is 6.07 Å². The van der Waals surface area contributed by atoms with E-state index in [9.17, 15) is 28.3 Å². The monoisotopic (exact) mass is 446 g/mol. The van der Waals surface area contributed by atoms with Crippen LogP contribution in [0.4, 0.5) is 13.2 Å². The summed E-state index contributed by atoms with van der Waals surface area (Å²) in [7, 11) is 1.52. The molecular weight excluding hydrogens is 429 g/mol. The Balaban J connectivity index is 1.73. The van der Waals surface area contributed by atoms with Crippen molar-refractivity contribution in [2.24, 2.45) is 0 Å². The average Bonchev–Trinajstić information content (AvgIpc) is 3.12. The summed E-state index contributed by atoms with van der Waals surface area (Å²) < 4.78 is 43.8. The van der Waals surface area contributed by atoms with Crippen LogP contribution in [-0.4, -0.2) is 28.8 Å². The van der Waals surface area contributed by atoms with Crippen LogP contribution in [-0.2, 0) is 16.7 Å². The summed E-state index contributed by atoms with van der Waals surface area (Å²) in [6, 6.07) is 13.2. The lowest BCUT2D eigenvalue weighted by atomic mass is 9.85. The molecule has 2 atom stereocenters. The van der Waals surface area contributed by atoms with Crippen molar-refractivity contribution in [3.63, 3.8) is 0 Å². The molecule has 0 spiro atoms. The van der Waals surface area contributed by atoms with Gasteiger partial charge in [0.2, 0.25) is 5.91 Å². The summed E-state index contributed by atoms with van der Waals surface area (Å²) in [5.74, 6) is -0.344. The number of hydrogen-bond acceptors (Lipinski definition) is 5. The number of rotatable bonds is 3. The lowest BCUT2D eigenvalue weighted by molar-refractivity contribution is -0.149. The molecule has 0 bridgehead atoms. The number of hydrogen-bond donors (Lipinski definition) is 1.